The van der Waals surface area contributed by atoms with E-state index in [4.69, 9.17) is 0 Å². The molecule has 0 spiro atoms. The van der Waals surface area contributed by atoms with Gasteiger partial charge in [0.05, 0.1) is 5.60 Å². The molecule has 0 radical (unpaired) electrons. The number of hydrogen-bond donors (Lipinski definition) is 3. The van der Waals surface area contributed by atoms with E-state index >= 15 is 0 Å². The summed E-state index contributed by atoms with van der Waals surface area (Å²) in [6, 6.07) is 5.39. The van der Waals surface area contributed by atoms with E-state index in [0.29, 0.717) is 18.5 Å². The van der Waals surface area contributed by atoms with Crippen LogP contribution in [-0.4, -0.2) is 22.4 Å². The molecule has 0 atom stereocenters. The quantitative estimate of drug-likeness (QED) is 0.784. The van der Waals surface area contributed by atoms with Gasteiger partial charge in [-0.2, -0.15) is 0 Å². The van der Waals surface area contributed by atoms with Crippen molar-refractivity contribution >= 4 is 15.9 Å². The maximum absolute atomic E-state index is 10.6. The van der Waals surface area contributed by atoms with Crippen LogP contribution in [0.15, 0.2) is 22.7 Å². The highest BCUT2D eigenvalue weighted by Crippen LogP contribution is 2.39. The topological polar surface area (TPSA) is 52.5 Å². The van der Waals surface area contributed by atoms with Crippen molar-refractivity contribution in [1.82, 2.24) is 5.32 Å². The molecule has 0 unspecified atom stereocenters. The Labute approximate surface area is 129 Å². The van der Waals surface area contributed by atoms with Crippen molar-refractivity contribution in [2.45, 2.75) is 51.7 Å². The monoisotopic (exact) mass is 341 g/mol. The molecular formula is C16H24BrNO2. The molecule has 3 N–H and O–H groups in total. The van der Waals surface area contributed by atoms with Crippen molar-refractivity contribution in [1.29, 1.82) is 0 Å². The van der Waals surface area contributed by atoms with Gasteiger partial charge in [-0.05, 0) is 49.3 Å². The number of benzene rings is 1. The first-order valence-corrected chi connectivity index (χ1v) is 8.00. The van der Waals surface area contributed by atoms with Crippen LogP contribution in [0.1, 0.15) is 45.1 Å². The summed E-state index contributed by atoms with van der Waals surface area (Å²) in [4.78, 5) is 0. The molecule has 112 valence electrons. The summed E-state index contributed by atoms with van der Waals surface area (Å²) in [6.45, 7) is 5.67. The number of aliphatic hydroxyl groups is 1. The largest absolute Gasteiger partial charge is 0.508 e. The molecule has 3 nitrogen and oxygen atoms in total. The van der Waals surface area contributed by atoms with E-state index in [-0.39, 0.29) is 5.75 Å². The number of hydrogen-bond acceptors (Lipinski definition) is 3. The summed E-state index contributed by atoms with van der Waals surface area (Å²) in [7, 11) is 0. The molecule has 1 fully saturated rings. The van der Waals surface area contributed by atoms with Crippen LogP contribution in [0.2, 0.25) is 0 Å². The zero-order valence-electron chi connectivity index (χ0n) is 12.2. The molecule has 1 aliphatic carbocycles. The predicted molar refractivity (Wildman–Crippen MR) is 84.7 cm³/mol. The number of rotatable bonds is 4. The van der Waals surface area contributed by atoms with Gasteiger partial charge < -0.3 is 15.5 Å². The fraction of sp³-hybridized carbons (Fsp3) is 0.625. The molecule has 0 saturated heterocycles. The van der Waals surface area contributed by atoms with Crippen LogP contribution in [-0.2, 0) is 6.54 Å². The second-order valence-electron chi connectivity index (χ2n) is 6.77. The van der Waals surface area contributed by atoms with Gasteiger partial charge in [-0.1, -0.05) is 29.8 Å². The first kappa shape index (κ1) is 15.8. The van der Waals surface area contributed by atoms with Crippen molar-refractivity contribution in [3.63, 3.8) is 0 Å². The first-order valence-electron chi connectivity index (χ1n) is 7.20. The average Bonchev–Trinajstić information content (AvgIpc) is 2.38. The van der Waals surface area contributed by atoms with Crippen molar-refractivity contribution < 1.29 is 10.2 Å². The van der Waals surface area contributed by atoms with Crippen molar-refractivity contribution in [3.05, 3.63) is 28.2 Å². The SMILES string of the molecule is CC1(C)CCC(O)(CNCc2cc(Br)ccc2O)CC1. The number of nitrogens with one attached hydrogen (secondary N) is 1. The first-order chi connectivity index (χ1) is 9.30. The van der Waals surface area contributed by atoms with Gasteiger partial charge in [0, 0.05) is 23.1 Å². The Morgan fingerprint density at radius 2 is 1.85 bits per heavy atom. The van der Waals surface area contributed by atoms with Gasteiger partial charge in [0.15, 0.2) is 0 Å². The molecule has 2 rings (SSSR count). The second-order valence-corrected chi connectivity index (χ2v) is 7.68. The lowest BCUT2D eigenvalue weighted by molar-refractivity contribution is -0.0245. The summed E-state index contributed by atoms with van der Waals surface area (Å²) in [5, 5.41) is 23.6. The fourth-order valence-electron chi connectivity index (χ4n) is 2.69. The molecule has 1 aliphatic rings. The lowest BCUT2D eigenvalue weighted by Gasteiger charge is -2.40. The molecule has 0 aliphatic heterocycles. The summed E-state index contributed by atoms with van der Waals surface area (Å²) < 4.78 is 0.949. The summed E-state index contributed by atoms with van der Waals surface area (Å²) in [5.41, 5.74) is 0.602. The van der Waals surface area contributed by atoms with Gasteiger partial charge in [-0.3, -0.25) is 0 Å². The molecule has 0 heterocycles. The summed E-state index contributed by atoms with van der Waals surface area (Å²) >= 11 is 3.40. The molecule has 0 bridgehead atoms. The minimum absolute atomic E-state index is 0.289. The highest BCUT2D eigenvalue weighted by Gasteiger charge is 2.36. The van der Waals surface area contributed by atoms with Crippen LogP contribution in [0.25, 0.3) is 0 Å². The Morgan fingerprint density at radius 1 is 1.20 bits per heavy atom. The Balaban J connectivity index is 1.85. The fourth-order valence-corrected chi connectivity index (χ4v) is 3.10. The van der Waals surface area contributed by atoms with E-state index in [2.05, 4.69) is 35.1 Å². The summed E-state index contributed by atoms with van der Waals surface area (Å²) in [5.74, 6) is 0.289. The Kier molecular flexibility index (Phi) is 4.77. The molecule has 1 aromatic rings. The molecule has 20 heavy (non-hydrogen) atoms. The summed E-state index contributed by atoms with van der Waals surface area (Å²) in [6.07, 6.45) is 3.82. The number of aromatic hydroxyl groups is 1. The smallest absolute Gasteiger partial charge is 0.120 e. The van der Waals surface area contributed by atoms with Crippen molar-refractivity contribution in [2.24, 2.45) is 5.41 Å². The average molecular weight is 342 g/mol. The minimum Gasteiger partial charge on any atom is -0.508 e. The zero-order chi connectivity index (χ0) is 14.8. The molecule has 1 aromatic carbocycles. The van der Waals surface area contributed by atoms with Crippen LogP contribution >= 0.6 is 15.9 Å². The predicted octanol–water partition coefficient (Wildman–Crippen LogP) is 3.58. The number of phenols is 1. The zero-order valence-corrected chi connectivity index (χ0v) is 13.8. The van der Waals surface area contributed by atoms with E-state index in [1.165, 1.54) is 0 Å². The van der Waals surface area contributed by atoms with E-state index in [9.17, 15) is 10.2 Å². The molecular weight excluding hydrogens is 318 g/mol. The Hall–Kier alpha value is -0.580. The minimum atomic E-state index is -0.600. The Morgan fingerprint density at radius 3 is 2.50 bits per heavy atom. The van der Waals surface area contributed by atoms with Crippen LogP contribution in [0.5, 0.6) is 5.75 Å². The molecule has 4 heteroatoms. The molecule has 1 saturated carbocycles. The van der Waals surface area contributed by atoms with Crippen molar-refractivity contribution in [3.8, 4) is 5.75 Å². The van der Waals surface area contributed by atoms with E-state index in [1.54, 1.807) is 6.07 Å². The maximum atomic E-state index is 10.6. The lowest BCUT2D eigenvalue weighted by atomic mass is 9.71. The molecule has 0 aromatic heterocycles. The van der Waals surface area contributed by atoms with Gasteiger partial charge in [0.25, 0.3) is 0 Å². The van der Waals surface area contributed by atoms with Gasteiger partial charge in [0.2, 0.25) is 0 Å². The van der Waals surface area contributed by atoms with Crippen molar-refractivity contribution in [2.75, 3.05) is 6.54 Å². The molecule has 0 amide bonds. The van der Waals surface area contributed by atoms with Crippen LogP contribution in [0, 0.1) is 5.41 Å². The van der Waals surface area contributed by atoms with Crippen LogP contribution in [0.4, 0.5) is 0 Å². The van der Waals surface area contributed by atoms with Gasteiger partial charge in [-0.15, -0.1) is 0 Å². The highest BCUT2D eigenvalue weighted by molar-refractivity contribution is 9.10. The van der Waals surface area contributed by atoms with E-state index in [0.717, 1.165) is 35.7 Å². The third-order valence-corrected chi connectivity index (χ3v) is 4.84. The normalized spacial score (nSPS) is 20.8. The highest BCUT2D eigenvalue weighted by atomic mass is 79.9. The van der Waals surface area contributed by atoms with Gasteiger partial charge in [0.1, 0.15) is 5.75 Å². The number of phenolic OH excluding ortho intramolecular Hbond substituents is 1. The standard InChI is InChI=1S/C16H24BrNO2/c1-15(2)5-7-16(20,8-6-15)11-18-10-12-9-13(17)3-4-14(12)19/h3-4,9,18-20H,5-8,10-11H2,1-2H3. The van der Waals surface area contributed by atoms with Gasteiger partial charge >= 0.3 is 0 Å². The van der Waals surface area contributed by atoms with Crippen LogP contribution < -0.4 is 5.32 Å². The number of halogens is 1. The van der Waals surface area contributed by atoms with E-state index in [1.807, 2.05) is 12.1 Å². The third-order valence-electron chi connectivity index (χ3n) is 4.35. The van der Waals surface area contributed by atoms with E-state index < -0.39 is 5.60 Å². The maximum Gasteiger partial charge on any atom is 0.120 e. The van der Waals surface area contributed by atoms with Gasteiger partial charge in [-0.25, -0.2) is 0 Å². The Bertz CT molecular complexity index is 464. The lowest BCUT2D eigenvalue weighted by Crippen LogP contribution is -2.44. The second kappa shape index (κ2) is 6.04. The van der Waals surface area contributed by atoms with Crippen LogP contribution in [0.3, 0.4) is 0 Å². The third kappa shape index (κ3) is 4.21.